The van der Waals surface area contributed by atoms with Gasteiger partial charge in [-0.05, 0) is 102 Å². The molecular weight excluding hydrogens is 735 g/mol. The zero-order valence-corrected chi connectivity index (χ0v) is 34.3. The molecule has 0 saturated carbocycles. The van der Waals surface area contributed by atoms with Crippen LogP contribution in [-0.2, 0) is 10.8 Å². The molecule has 1 spiro atoms. The van der Waals surface area contributed by atoms with Crippen LogP contribution in [0.3, 0.4) is 0 Å². The van der Waals surface area contributed by atoms with E-state index in [9.17, 15) is 0 Å². The van der Waals surface area contributed by atoms with E-state index < -0.39 is 5.41 Å². The summed E-state index contributed by atoms with van der Waals surface area (Å²) in [5.41, 5.74) is 23.2. The molecule has 0 heterocycles. The predicted octanol–water partition coefficient (Wildman–Crippen LogP) is 15.6. The molecule has 0 atom stereocenters. The van der Waals surface area contributed by atoms with Gasteiger partial charge in [0.05, 0.1) is 16.8 Å². The van der Waals surface area contributed by atoms with Crippen molar-refractivity contribution >= 4 is 29.2 Å². The summed E-state index contributed by atoms with van der Waals surface area (Å²) >= 11 is 0. The molecule has 9 aromatic carbocycles. The SMILES string of the molecule is CC1(C)c2ccccc2-c2ccc(N(c3ccccc3-c3ccc(-c4ccccc4)cc3)c3cccc4c3-c3ccccc3C43c4ccccc4C=Cc4ccccc43)cc21. The normalized spacial score (nSPS) is 14.3. The number of hydrogen-bond acceptors (Lipinski definition) is 1. The minimum Gasteiger partial charge on any atom is -0.309 e. The van der Waals surface area contributed by atoms with Gasteiger partial charge in [-0.15, -0.1) is 0 Å². The Morgan fingerprint density at radius 2 is 0.836 bits per heavy atom. The van der Waals surface area contributed by atoms with Crippen LogP contribution in [0.1, 0.15) is 58.4 Å². The Morgan fingerprint density at radius 3 is 1.56 bits per heavy atom. The molecule has 0 aliphatic heterocycles. The first-order chi connectivity index (χ1) is 30.0. The van der Waals surface area contributed by atoms with E-state index in [1.165, 1.54) is 89.0 Å². The fourth-order valence-corrected chi connectivity index (χ4v) is 11.0. The molecule has 0 fully saturated rings. The van der Waals surface area contributed by atoms with Gasteiger partial charge in [-0.1, -0.05) is 214 Å². The molecular formula is C60H43N. The summed E-state index contributed by atoms with van der Waals surface area (Å²) in [7, 11) is 0. The molecule has 3 aliphatic rings. The van der Waals surface area contributed by atoms with Crippen LogP contribution in [0.15, 0.2) is 212 Å². The fraction of sp³-hybridized carbons (Fsp3) is 0.0667. The minimum absolute atomic E-state index is 0.156. The summed E-state index contributed by atoms with van der Waals surface area (Å²) in [6.07, 6.45) is 4.62. The van der Waals surface area contributed by atoms with Crippen molar-refractivity contribution in [3.8, 4) is 44.5 Å². The first-order valence-electron chi connectivity index (χ1n) is 21.4. The molecule has 1 nitrogen and oxygen atoms in total. The standard InChI is InChI=1S/C60H43N/c1-59(2)52-26-13-8-22-47(52)48-38-37-45(39-55(48)59)61(56-29-15-10-21-46(56)42-33-31-41(32-34-42)40-17-4-3-5-18-40)57-30-16-28-54-58(57)49-23-9-14-27-53(49)60(54)50-24-11-6-19-43(50)35-36-44-20-7-12-25-51(44)60/h3-39H,1-2H3. The van der Waals surface area contributed by atoms with Gasteiger partial charge in [0.2, 0.25) is 0 Å². The molecule has 3 aliphatic carbocycles. The number of fused-ring (bicyclic) bond motifs is 12. The van der Waals surface area contributed by atoms with E-state index in [-0.39, 0.29) is 5.41 Å². The van der Waals surface area contributed by atoms with Crippen LogP contribution in [0.5, 0.6) is 0 Å². The maximum absolute atomic E-state index is 2.56. The largest absolute Gasteiger partial charge is 0.309 e. The molecule has 0 radical (unpaired) electrons. The van der Waals surface area contributed by atoms with Crippen LogP contribution in [0.4, 0.5) is 17.1 Å². The minimum atomic E-state index is -0.529. The molecule has 288 valence electrons. The number of hydrogen-bond donors (Lipinski definition) is 0. The highest BCUT2D eigenvalue weighted by molar-refractivity contribution is 6.01. The quantitative estimate of drug-likeness (QED) is 0.168. The molecule has 0 amide bonds. The second-order valence-electron chi connectivity index (χ2n) is 17.2. The van der Waals surface area contributed by atoms with E-state index in [0.29, 0.717) is 0 Å². The molecule has 0 N–H and O–H groups in total. The van der Waals surface area contributed by atoms with Gasteiger partial charge >= 0.3 is 0 Å². The van der Waals surface area contributed by atoms with Crippen molar-refractivity contribution < 1.29 is 0 Å². The highest BCUT2D eigenvalue weighted by Gasteiger charge is 2.49. The van der Waals surface area contributed by atoms with Crippen molar-refractivity contribution in [2.24, 2.45) is 0 Å². The summed E-state index contributed by atoms with van der Waals surface area (Å²) in [5, 5.41) is 0. The third-order valence-electron chi connectivity index (χ3n) is 13.7. The van der Waals surface area contributed by atoms with Crippen molar-refractivity contribution in [1.29, 1.82) is 0 Å². The highest BCUT2D eigenvalue weighted by atomic mass is 15.1. The lowest BCUT2D eigenvalue weighted by Gasteiger charge is -2.36. The Balaban J connectivity index is 1.14. The smallest absolute Gasteiger partial charge is 0.0725 e. The molecule has 0 bridgehead atoms. The van der Waals surface area contributed by atoms with E-state index in [0.717, 1.165) is 17.1 Å². The fourth-order valence-electron chi connectivity index (χ4n) is 11.0. The van der Waals surface area contributed by atoms with Crippen molar-refractivity contribution in [3.05, 3.63) is 257 Å². The molecule has 61 heavy (non-hydrogen) atoms. The van der Waals surface area contributed by atoms with Crippen LogP contribution in [0.25, 0.3) is 56.7 Å². The Bertz CT molecular complexity index is 3170. The lowest BCUT2D eigenvalue weighted by molar-refractivity contribution is 0.660. The van der Waals surface area contributed by atoms with Gasteiger partial charge in [0, 0.05) is 22.2 Å². The average molecular weight is 778 g/mol. The summed E-state index contributed by atoms with van der Waals surface area (Å²) in [4.78, 5) is 2.56. The molecule has 1 heteroatoms. The van der Waals surface area contributed by atoms with Crippen LogP contribution in [-0.4, -0.2) is 0 Å². The maximum Gasteiger partial charge on any atom is 0.0725 e. The Morgan fingerprint density at radius 1 is 0.328 bits per heavy atom. The first-order valence-corrected chi connectivity index (χ1v) is 21.4. The summed E-state index contributed by atoms with van der Waals surface area (Å²) < 4.78 is 0. The summed E-state index contributed by atoms with van der Waals surface area (Å²) in [6.45, 7) is 4.76. The third kappa shape index (κ3) is 5.14. The van der Waals surface area contributed by atoms with Crippen LogP contribution in [0.2, 0.25) is 0 Å². The second-order valence-corrected chi connectivity index (χ2v) is 17.2. The van der Waals surface area contributed by atoms with E-state index in [1.54, 1.807) is 0 Å². The van der Waals surface area contributed by atoms with Crippen molar-refractivity contribution in [1.82, 2.24) is 0 Å². The van der Waals surface area contributed by atoms with E-state index in [4.69, 9.17) is 0 Å². The molecule has 0 saturated heterocycles. The van der Waals surface area contributed by atoms with Crippen LogP contribution >= 0.6 is 0 Å². The van der Waals surface area contributed by atoms with Crippen molar-refractivity contribution in [3.63, 3.8) is 0 Å². The molecule has 0 unspecified atom stereocenters. The zero-order valence-electron chi connectivity index (χ0n) is 34.3. The number of rotatable bonds is 5. The lowest BCUT2D eigenvalue weighted by Crippen LogP contribution is -2.30. The Kier molecular flexibility index (Phi) is 7.86. The molecule has 9 aromatic rings. The topological polar surface area (TPSA) is 3.24 Å². The van der Waals surface area contributed by atoms with Gasteiger partial charge in [0.25, 0.3) is 0 Å². The van der Waals surface area contributed by atoms with Gasteiger partial charge in [0.15, 0.2) is 0 Å². The van der Waals surface area contributed by atoms with Crippen LogP contribution in [0, 0.1) is 0 Å². The van der Waals surface area contributed by atoms with Gasteiger partial charge in [-0.3, -0.25) is 0 Å². The van der Waals surface area contributed by atoms with Crippen molar-refractivity contribution in [2.45, 2.75) is 24.7 Å². The molecule has 0 aromatic heterocycles. The van der Waals surface area contributed by atoms with E-state index in [1.807, 2.05) is 0 Å². The first kappa shape index (κ1) is 35.5. The van der Waals surface area contributed by atoms with E-state index >= 15 is 0 Å². The third-order valence-corrected chi connectivity index (χ3v) is 13.7. The van der Waals surface area contributed by atoms with Crippen molar-refractivity contribution in [2.75, 3.05) is 4.90 Å². The number of para-hydroxylation sites is 1. The lowest BCUT2D eigenvalue weighted by atomic mass is 9.66. The predicted molar refractivity (Wildman–Crippen MR) is 256 cm³/mol. The van der Waals surface area contributed by atoms with Gasteiger partial charge in [0.1, 0.15) is 0 Å². The maximum atomic E-state index is 2.56. The number of anilines is 3. The summed E-state index contributed by atoms with van der Waals surface area (Å²) in [5.74, 6) is 0. The highest BCUT2D eigenvalue weighted by Crippen LogP contribution is 2.62. The van der Waals surface area contributed by atoms with Crippen LogP contribution < -0.4 is 4.90 Å². The summed E-state index contributed by atoms with van der Waals surface area (Å²) in [6, 6.07) is 79.1. The monoisotopic (exact) mass is 777 g/mol. The van der Waals surface area contributed by atoms with Gasteiger partial charge in [-0.2, -0.15) is 0 Å². The van der Waals surface area contributed by atoms with Gasteiger partial charge < -0.3 is 4.90 Å². The Hall–Kier alpha value is -7.48. The molecule has 12 rings (SSSR count). The Labute approximate surface area is 358 Å². The van der Waals surface area contributed by atoms with Gasteiger partial charge in [-0.25, -0.2) is 0 Å². The zero-order chi connectivity index (χ0) is 40.7. The second kappa shape index (κ2) is 13.5. The number of nitrogens with zero attached hydrogens (tertiary/aromatic N) is 1. The number of benzene rings is 9. The van der Waals surface area contributed by atoms with E-state index in [2.05, 4.69) is 243 Å². The average Bonchev–Trinajstić information content (AvgIpc) is 3.68.